The van der Waals surface area contributed by atoms with Crippen LogP contribution in [0.1, 0.15) is 26.5 Å². The van der Waals surface area contributed by atoms with Crippen LogP contribution in [0.15, 0.2) is 71.3 Å². The first kappa shape index (κ1) is 22.3. The molecule has 1 N–H and O–H groups in total. The van der Waals surface area contributed by atoms with Gasteiger partial charge in [0.25, 0.3) is 5.91 Å². The predicted molar refractivity (Wildman–Crippen MR) is 130 cm³/mol. The lowest BCUT2D eigenvalue weighted by atomic mass is 10.1. The van der Waals surface area contributed by atoms with Crippen LogP contribution in [0, 0.1) is 6.92 Å². The normalized spacial score (nSPS) is 10.9. The summed E-state index contributed by atoms with van der Waals surface area (Å²) in [6.07, 6.45) is 0. The summed E-state index contributed by atoms with van der Waals surface area (Å²) >= 11 is 6.00. The van der Waals surface area contributed by atoms with Gasteiger partial charge in [0.1, 0.15) is 5.52 Å². The van der Waals surface area contributed by atoms with Crippen molar-refractivity contribution in [1.29, 1.82) is 0 Å². The SMILES string of the molecule is COC(=O)c1cccc(NC(=O)c2nnn(-c3ccc4noc(-c5ccc(Cl)cc5)c4c3)c2C)c1. The van der Waals surface area contributed by atoms with Gasteiger partial charge in [-0.25, -0.2) is 9.48 Å². The Morgan fingerprint density at radius 2 is 1.86 bits per heavy atom. The summed E-state index contributed by atoms with van der Waals surface area (Å²) in [5.74, 6) is -0.353. The van der Waals surface area contributed by atoms with Crippen LogP contribution in [0.2, 0.25) is 5.02 Å². The van der Waals surface area contributed by atoms with E-state index < -0.39 is 11.9 Å². The molecule has 0 fully saturated rings. The van der Waals surface area contributed by atoms with Crippen molar-refractivity contribution < 1.29 is 18.8 Å². The number of halogens is 1. The van der Waals surface area contributed by atoms with E-state index in [2.05, 4.69) is 20.8 Å². The van der Waals surface area contributed by atoms with E-state index in [1.807, 2.05) is 30.3 Å². The van der Waals surface area contributed by atoms with Crippen LogP contribution in [0.5, 0.6) is 0 Å². The number of hydrogen-bond donors (Lipinski definition) is 1. The number of carbonyl (C=O) groups is 2. The van der Waals surface area contributed by atoms with E-state index in [4.69, 9.17) is 20.9 Å². The van der Waals surface area contributed by atoms with Gasteiger partial charge in [-0.2, -0.15) is 0 Å². The summed E-state index contributed by atoms with van der Waals surface area (Å²) < 4.78 is 11.9. The molecule has 0 aliphatic rings. The number of rotatable bonds is 5. The van der Waals surface area contributed by atoms with Crippen LogP contribution in [-0.2, 0) is 4.74 Å². The molecule has 0 saturated heterocycles. The molecule has 0 atom stereocenters. The van der Waals surface area contributed by atoms with Crippen LogP contribution in [0.25, 0.3) is 27.9 Å². The topological polar surface area (TPSA) is 112 Å². The minimum Gasteiger partial charge on any atom is -0.465 e. The van der Waals surface area contributed by atoms with Gasteiger partial charge in [0.05, 0.1) is 29.4 Å². The molecule has 0 unspecified atom stereocenters. The van der Waals surface area contributed by atoms with Gasteiger partial charge >= 0.3 is 5.97 Å². The zero-order chi connectivity index (χ0) is 24.5. The standard InChI is InChI=1S/C25H18ClN5O4/c1-14-22(24(32)27-18-5-3-4-16(12-18)25(33)34-2)28-30-31(14)19-10-11-21-20(13-19)23(35-29-21)15-6-8-17(26)9-7-15/h3-13H,1-2H3,(H,27,32). The first-order chi connectivity index (χ1) is 16.9. The smallest absolute Gasteiger partial charge is 0.337 e. The Morgan fingerprint density at radius 3 is 2.63 bits per heavy atom. The number of carbonyl (C=O) groups excluding carboxylic acids is 2. The quantitative estimate of drug-likeness (QED) is 0.344. The van der Waals surface area contributed by atoms with Crippen molar-refractivity contribution >= 4 is 40.1 Å². The van der Waals surface area contributed by atoms with Crippen LogP contribution < -0.4 is 5.32 Å². The third kappa shape index (κ3) is 4.24. The van der Waals surface area contributed by atoms with Crippen LogP contribution in [0.3, 0.4) is 0 Å². The van der Waals surface area contributed by atoms with E-state index in [1.54, 1.807) is 41.9 Å². The molecule has 0 radical (unpaired) electrons. The van der Waals surface area contributed by atoms with Gasteiger partial charge in [0.2, 0.25) is 0 Å². The minimum absolute atomic E-state index is 0.150. The van der Waals surface area contributed by atoms with Crippen molar-refractivity contribution in [2.45, 2.75) is 6.92 Å². The van der Waals surface area contributed by atoms with Gasteiger partial charge in [-0.15, -0.1) is 5.10 Å². The van der Waals surface area contributed by atoms with Crippen LogP contribution in [-0.4, -0.2) is 39.1 Å². The van der Waals surface area contributed by atoms with Gasteiger partial charge < -0.3 is 14.6 Å². The number of nitrogens with one attached hydrogen (secondary N) is 1. The summed E-state index contributed by atoms with van der Waals surface area (Å²) in [6, 6.07) is 19.2. The maximum absolute atomic E-state index is 12.9. The molecule has 5 rings (SSSR count). The van der Waals surface area contributed by atoms with Crippen molar-refractivity contribution in [3.05, 3.63) is 88.7 Å². The second kappa shape index (κ2) is 9.03. The molecule has 0 saturated carbocycles. The third-order valence-corrected chi connectivity index (χ3v) is 5.71. The Morgan fingerprint density at radius 1 is 1.06 bits per heavy atom. The summed E-state index contributed by atoms with van der Waals surface area (Å²) in [4.78, 5) is 24.7. The first-order valence-electron chi connectivity index (χ1n) is 10.5. The molecule has 3 aromatic carbocycles. The third-order valence-electron chi connectivity index (χ3n) is 5.46. The molecule has 2 aromatic heterocycles. The molecule has 35 heavy (non-hydrogen) atoms. The van der Waals surface area contributed by atoms with Crippen molar-refractivity contribution in [3.8, 4) is 17.0 Å². The molecule has 0 bridgehead atoms. The molecular formula is C25H18ClN5O4. The zero-order valence-electron chi connectivity index (χ0n) is 18.7. The van der Waals surface area contributed by atoms with E-state index >= 15 is 0 Å². The number of amides is 1. The first-order valence-corrected chi connectivity index (χ1v) is 10.9. The molecular weight excluding hydrogens is 470 g/mol. The Hall–Kier alpha value is -4.50. The Balaban J connectivity index is 1.45. The largest absolute Gasteiger partial charge is 0.465 e. The molecule has 5 aromatic rings. The monoisotopic (exact) mass is 487 g/mol. The Kier molecular flexibility index (Phi) is 5.76. The Bertz CT molecular complexity index is 1570. The predicted octanol–water partition coefficient (Wildman–Crippen LogP) is 5.08. The van der Waals surface area contributed by atoms with Crippen molar-refractivity contribution in [3.63, 3.8) is 0 Å². The number of anilines is 1. The molecule has 2 heterocycles. The number of methoxy groups -OCH3 is 1. The number of fused-ring (bicyclic) bond motifs is 1. The maximum atomic E-state index is 12.9. The number of benzene rings is 3. The molecule has 10 heteroatoms. The highest BCUT2D eigenvalue weighted by Crippen LogP contribution is 2.31. The summed E-state index contributed by atoms with van der Waals surface area (Å²) in [7, 11) is 1.30. The molecule has 0 spiro atoms. The molecule has 0 aliphatic carbocycles. The minimum atomic E-state index is -0.495. The summed E-state index contributed by atoms with van der Waals surface area (Å²) in [6.45, 7) is 1.75. The molecule has 0 aliphatic heterocycles. The molecule has 9 nitrogen and oxygen atoms in total. The van der Waals surface area contributed by atoms with Crippen molar-refractivity contribution in [2.75, 3.05) is 12.4 Å². The van der Waals surface area contributed by atoms with E-state index in [9.17, 15) is 9.59 Å². The van der Waals surface area contributed by atoms with Crippen LogP contribution >= 0.6 is 11.6 Å². The van der Waals surface area contributed by atoms with E-state index in [0.29, 0.717) is 38.9 Å². The lowest BCUT2D eigenvalue weighted by Gasteiger charge is -2.07. The summed E-state index contributed by atoms with van der Waals surface area (Å²) in [5, 5.41) is 16.5. The fourth-order valence-electron chi connectivity index (χ4n) is 3.69. The second-order valence-electron chi connectivity index (χ2n) is 7.68. The fraction of sp³-hybridized carbons (Fsp3) is 0.0800. The maximum Gasteiger partial charge on any atom is 0.337 e. The van der Waals surface area contributed by atoms with Crippen molar-refractivity contribution in [2.24, 2.45) is 0 Å². The van der Waals surface area contributed by atoms with E-state index in [1.165, 1.54) is 13.2 Å². The van der Waals surface area contributed by atoms with Crippen LogP contribution in [0.4, 0.5) is 5.69 Å². The number of aromatic nitrogens is 4. The zero-order valence-corrected chi connectivity index (χ0v) is 19.4. The van der Waals surface area contributed by atoms with Gasteiger partial charge in [-0.3, -0.25) is 4.79 Å². The number of esters is 1. The highest BCUT2D eigenvalue weighted by Gasteiger charge is 2.19. The highest BCUT2D eigenvalue weighted by molar-refractivity contribution is 6.30. The molecule has 1 amide bonds. The van der Waals surface area contributed by atoms with Gasteiger partial charge in [0, 0.05) is 16.3 Å². The Labute approximate surface area is 204 Å². The van der Waals surface area contributed by atoms with Gasteiger partial charge in [-0.1, -0.05) is 28.0 Å². The number of hydrogen-bond acceptors (Lipinski definition) is 7. The summed E-state index contributed by atoms with van der Waals surface area (Å²) in [5.41, 5.74) is 3.65. The lowest BCUT2D eigenvalue weighted by Crippen LogP contribution is -2.14. The highest BCUT2D eigenvalue weighted by atomic mass is 35.5. The average Bonchev–Trinajstić information content (AvgIpc) is 3.47. The van der Waals surface area contributed by atoms with E-state index in [-0.39, 0.29) is 5.69 Å². The lowest BCUT2D eigenvalue weighted by molar-refractivity contribution is 0.0600. The number of nitrogens with zero attached hydrogens (tertiary/aromatic N) is 4. The van der Waals surface area contributed by atoms with Gasteiger partial charge in [-0.05, 0) is 67.6 Å². The van der Waals surface area contributed by atoms with Gasteiger partial charge in [0.15, 0.2) is 11.5 Å². The number of ether oxygens (including phenoxy) is 1. The van der Waals surface area contributed by atoms with Crippen molar-refractivity contribution in [1.82, 2.24) is 20.2 Å². The average molecular weight is 488 g/mol. The van der Waals surface area contributed by atoms with E-state index in [0.717, 1.165) is 10.9 Å². The fourth-order valence-corrected chi connectivity index (χ4v) is 3.81. The molecule has 174 valence electrons. The second-order valence-corrected chi connectivity index (χ2v) is 8.12.